The Kier molecular flexibility index (Phi) is 4.35. The van der Waals surface area contributed by atoms with Crippen LogP contribution < -0.4 is 0 Å². The molecule has 5 nitrogen and oxygen atoms in total. The van der Waals surface area contributed by atoms with Crippen LogP contribution in [0.3, 0.4) is 0 Å². The number of hydrogen-bond acceptors (Lipinski definition) is 4. The van der Waals surface area contributed by atoms with Gasteiger partial charge in [0.15, 0.2) is 0 Å². The van der Waals surface area contributed by atoms with Crippen LogP contribution in [0, 0.1) is 0 Å². The first-order valence-corrected chi connectivity index (χ1v) is 12.3. The van der Waals surface area contributed by atoms with Crippen molar-refractivity contribution in [3.63, 3.8) is 0 Å². The standard InChI is InChI=1S/C29H18BrN3O2/c1-2-35-29(34)20-14-19-16-7-3-4-8-21(16)31-26(19)25-24(20)18-13-15(30)11-12-17(18)27-28(25)33-23-10-6-5-9-22(23)32-27/h3-14,33H,2H2,1H3. The second-order valence-electron chi connectivity index (χ2n) is 8.59. The van der Waals surface area contributed by atoms with Crippen LogP contribution in [0.1, 0.15) is 17.3 Å². The van der Waals surface area contributed by atoms with E-state index in [9.17, 15) is 4.79 Å². The van der Waals surface area contributed by atoms with Crippen molar-refractivity contribution in [2.45, 2.75) is 6.92 Å². The van der Waals surface area contributed by atoms with Crippen LogP contribution in [0.15, 0.2) is 77.3 Å². The van der Waals surface area contributed by atoms with Gasteiger partial charge >= 0.3 is 5.97 Å². The van der Waals surface area contributed by atoms with E-state index in [1.165, 1.54) is 0 Å². The number of halogens is 1. The lowest BCUT2D eigenvalue weighted by Crippen LogP contribution is -2.06. The first-order valence-electron chi connectivity index (χ1n) is 11.5. The fourth-order valence-electron chi connectivity index (χ4n) is 5.16. The van der Waals surface area contributed by atoms with Crippen LogP contribution in [0.2, 0.25) is 0 Å². The van der Waals surface area contributed by atoms with Gasteiger partial charge in [-0.15, -0.1) is 0 Å². The topological polar surface area (TPSA) is 67.9 Å². The number of fused-ring (bicyclic) bond motifs is 11. The summed E-state index contributed by atoms with van der Waals surface area (Å²) >= 11 is 3.63. The summed E-state index contributed by atoms with van der Waals surface area (Å²) < 4.78 is 6.46. The largest absolute Gasteiger partial charge is 0.462 e. The number of para-hydroxylation sites is 3. The number of carbonyl (C=O) groups excluding carboxylic acids is 1. The Bertz CT molecular complexity index is 2010. The molecule has 35 heavy (non-hydrogen) atoms. The molecule has 0 saturated heterocycles. The van der Waals surface area contributed by atoms with Crippen molar-refractivity contribution < 1.29 is 9.53 Å². The maximum absolute atomic E-state index is 13.4. The van der Waals surface area contributed by atoms with Crippen LogP contribution in [-0.2, 0) is 4.74 Å². The van der Waals surface area contributed by atoms with Gasteiger partial charge in [0, 0.05) is 31.4 Å². The molecule has 0 spiro atoms. The monoisotopic (exact) mass is 519 g/mol. The molecule has 0 aliphatic heterocycles. The zero-order valence-corrected chi connectivity index (χ0v) is 20.3. The number of H-pyrrole nitrogens is 1. The number of aromatic nitrogens is 3. The van der Waals surface area contributed by atoms with E-state index in [-0.39, 0.29) is 5.97 Å². The van der Waals surface area contributed by atoms with E-state index in [0.717, 1.165) is 69.9 Å². The molecule has 2 aromatic heterocycles. The van der Waals surface area contributed by atoms with Crippen molar-refractivity contribution in [3.8, 4) is 0 Å². The average molecular weight is 520 g/mol. The third-order valence-corrected chi connectivity index (χ3v) is 7.10. The van der Waals surface area contributed by atoms with E-state index >= 15 is 0 Å². The van der Waals surface area contributed by atoms with Crippen LogP contribution >= 0.6 is 15.9 Å². The normalized spacial score (nSPS) is 11.9. The quantitative estimate of drug-likeness (QED) is 0.144. The zero-order valence-electron chi connectivity index (χ0n) is 18.7. The Morgan fingerprint density at radius 1 is 0.829 bits per heavy atom. The summed E-state index contributed by atoms with van der Waals surface area (Å²) in [5.74, 6) is -0.348. The molecule has 0 saturated carbocycles. The minimum Gasteiger partial charge on any atom is -0.462 e. The Morgan fingerprint density at radius 3 is 2.46 bits per heavy atom. The fourth-order valence-corrected chi connectivity index (χ4v) is 5.52. The van der Waals surface area contributed by atoms with Gasteiger partial charge in [-0.1, -0.05) is 52.3 Å². The summed E-state index contributed by atoms with van der Waals surface area (Å²) in [5, 5.41) is 5.50. The number of aromatic amines is 1. The number of rotatable bonds is 2. The molecule has 0 aliphatic carbocycles. The molecule has 0 atom stereocenters. The van der Waals surface area contributed by atoms with E-state index in [0.29, 0.717) is 12.2 Å². The smallest absolute Gasteiger partial charge is 0.338 e. The van der Waals surface area contributed by atoms with Gasteiger partial charge < -0.3 is 9.72 Å². The van der Waals surface area contributed by atoms with Crippen molar-refractivity contribution in [2.24, 2.45) is 0 Å². The Hall–Kier alpha value is -4.03. The van der Waals surface area contributed by atoms with Crippen molar-refractivity contribution in [1.29, 1.82) is 0 Å². The lowest BCUT2D eigenvalue weighted by Gasteiger charge is -2.15. The average Bonchev–Trinajstić information content (AvgIpc) is 3.25. The predicted molar refractivity (Wildman–Crippen MR) is 145 cm³/mol. The van der Waals surface area contributed by atoms with E-state index in [1.54, 1.807) is 0 Å². The Morgan fingerprint density at radius 2 is 1.60 bits per heavy atom. The highest BCUT2D eigenvalue weighted by atomic mass is 79.9. The van der Waals surface area contributed by atoms with E-state index in [1.807, 2.05) is 79.7 Å². The number of nitrogens with zero attached hydrogens (tertiary/aromatic N) is 2. The SMILES string of the molecule is CCOC(=O)c1cc2c3ccccc3nc2c2c3[nH]c4ccccc4nc3c3ccc(Br)cc3c12. The van der Waals surface area contributed by atoms with E-state index in [4.69, 9.17) is 14.7 Å². The summed E-state index contributed by atoms with van der Waals surface area (Å²) in [6.45, 7) is 2.12. The predicted octanol–water partition coefficient (Wildman–Crippen LogP) is 7.66. The molecule has 7 rings (SSSR count). The van der Waals surface area contributed by atoms with Crippen molar-refractivity contribution in [1.82, 2.24) is 15.0 Å². The summed E-state index contributed by atoms with van der Waals surface area (Å²) in [6.07, 6.45) is 0. The lowest BCUT2D eigenvalue weighted by molar-refractivity contribution is 0.0529. The molecule has 0 unspecified atom stereocenters. The van der Waals surface area contributed by atoms with Gasteiger partial charge in [0.25, 0.3) is 0 Å². The molecule has 7 aromatic rings. The molecule has 0 radical (unpaired) electrons. The maximum Gasteiger partial charge on any atom is 0.338 e. The van der Waals surface area contributed by atoms with Gasteiger partial charge in [0.2, 0.25) is 0 Å². The van der Waals surface area contributed by atoms with Crippen molar-refractivity contribution in [3.05, 3.63) is 82.8 Å². The lowest BCUT2D eigenvalue weighted by atomic mass is 9.93. The van der Waals surface area contributed by atoms with Crippen LogP contribution in [0.4, 0.5) is 0 Å². The number of benzene rings is 5. The molecule has 0 fully saturated rings. The minimum atomic E-state index is -0.348. The van der Waals surface area contributed by atoms with Gasteiger partial charge in [-0.25, -0.2) is 14.8 Å². The van der Waals surface area contributed by atoms with Gasteiger partial charge in [-0.3, -0.25) is 0 Å². The summed E-state index contributed by atoms with van der Waals surface area (Å²) in [6, 6.07) is 24.0. The molecule has 2 heterocycles. The molecule has 0 amide bonds. The van der Waals surface area contributed by atoms with Crippen LogP contribution in [-0.4, -0.2) is 27.5 Å². The highest BCUT2D eigenvalue weighted by Gasteiger charge is 2.23. The van der Waals surface area contributed by atoms with Crippen molar-refractivity contribution in [2.75, 3.05) is 6.61 Å². The second-order valence-corrected chi connectivity index (χ2v) is 9.50. The van der Waals surface area contributed by atoms with Gasteiger partial charge in [-0.2, -0.15) is 0 Å². The Labute approximate surface area is 207 Å². The van der Waals surface area contributed by atoms with Gasteiger partial charge in [0.1, 0.15) is 0 Å². The number of nitrogens with one attached hydrogen (secondary N) is 1. The molecule has 0 bridgehead atoms. The fraction of sp³-hybridized carbons (Fsp3) is 0.0690. The van der Waals surface area contributed by atoms with Gasteiger partial charge in [0.05, 0.1) is 45.3 Å². The molecule has 5 aromatic carbocycles. The van der Waals surface area contributed by atoms with E-state index < -0.39 is 0 Å². The first kappa shape index (κ1) is 20.4. The summed E-state index contributed by atoms with van der Waals surface area (Å²) in [4.78, 5) is 27.1. The molecular weight excluding hydrogens is 502 g/mol. The maximum atomic E-state index is 13.4. The molecule has 168 valence electrons. The molecule has 0 aliphatic rings. The first-order chi connectivity index (χ1) is 17.1. The highest BCUT2D eigenvalue weighted by Crippen LogP contribution is 2.42. The second kappa shape index (κ2) is 7.48. The Balaban J connectivity index is 1.85. The number of esters is 1. The highest BCUT2D eigenvalue weighted by molar-refractivity contribution is 9.10. The van der Waals surface area contributed by atoms with Gasteiger partial charge in [-0.05, 0) is 48.7 Å². The summed E-state index contributed by atoms with van der Waals surface area (Å²) in [7, 11) is 0. The van der Waals surface area contributed by atoms with Crippen LogP contribution in [0.5, 0.6) is 0 Å². The van der Waals surface area contributed by atoms with Crippen molar-refractivity contribution >= 4 is 87.3 Å². The molecular formula is C29H18BrN3O2. The number of hydrogen-bond donors (Lipinski definition) is 1. The third kappa shape index (κ3) is 2.90. The molecule has 1 N–H and O–H groups in total. The zero-order chi connectivity index (χ0) is 23.7. The number of ether oxygens (including phenoxy) is 1. The summed E-state index contributed by atoms with van der Waals surface area (Å²) in [5.41, 5.74) is 5.75. The van der Waals surface area contributed by atoms with Crippen LogP contribution in [0.25, 0.3) is 65.4 Å². The number of carbonyl (C=O) groups is 1. The molecule has 6 heteroatoms. The third-order valence-electron chi connectivity index (χ3n) is 6.61. The van der Waals surface area contributed by atoms with E-state index in [2.05, 4.69) is 20.9 Å². The minimum absolute atomic E-state index is 0.298.